The Bertz CT molecular complexity index is 235. The van der Waals surface area contributed by atoms with Crippen LogP contribution in [0.5, 0.6) is 0 Å². The fraction of sp³-hybridized carbons (Fsp3) is 0.917. The average Bonchev–Trinajstić information content (AvgIpc) is 3.02. The molecule has 0 bridgehead atoms. The van der Waals surface area contributed by atoms with Crippen molar-refractivity contribution in [3.63, 3.8) is 0 Å². The highest BCUT2D eigenvalue weighted by Gasteiger charge is 2.41. The number of hydrogen-bond donors (Lipinski definition) is 1. The molecule has 2 aliphatic carbocycles. The van der Waals surface area contributed by atoms with Crippen LogP contribution in [0.25, 0.3) is 0 Å². The van der Waals surface area contributed by atoms with E-state index in [9.17, 15) is 5.26 Å². The predicted octanol–water partition coefficient (Wildman–Crippen LogP) is 2.46. The van der Waals surface area contributed by atoms with Crippen molar-refractivity contribution in [3.05, 3.63) is 0 Å². The van der Waals surface area contributed by atoms with Crippen molar-refractivity contribution in [1.29, 1.82) is 5.26 Å². The van der Waals surface area contributed by atoms with Gasteiger partial charge in [0.1, 0.15) is 5.54 Å². The normalized spacial score (nSPS) is 37.9. The van der Waals surface area contributed by atoms with Crippen LogP contribution in [0.4, 0.5) is 0 Å². The topological polar surface area (TPSA) is 35.8 Å². The SMILES string of the molecule is CCNC1(C#N)CCCC(C2CC2)C1. The Labute approximate surface area is 86.7 Å². The van der Waals surface area contributed by atoms with E-state index in [0.717, 1.165) is 31.2 Å². The zero-order valence-corrected chi connectivity index (χ0v) is 9.05. The Kier molecular flexibility index (Phi) is 2.78. The molecule has 0 amide bonds. The Morgan fingerprint density at radius 3 is 2.71 bits per heavy atom. The minimum Gasteiger partial charge on any atom is -0.300 e. The summed E-state index contributed by atoms with van der Waals surface area (Å²) in [7, 11) is 0. The molecule has 0 saturated heterocycles. The first kappa shape index (κ1) is 9.98. The summed E-state index contributed by atoms with van der Waals surface area (Å²) < 4.78 is 0. The van der Waals surface area contributed by atoms with Gasteiger partial charge in [-0.1, -0.05) is 13.3 Å². The number of nitrogens with one attached hydrogen (secondary N) is 1. The van der Waals surface area contributed by atoms with Crippen molar-refractivity contribution in [2.75, 3.05) is 6.54 Å². The molecule has 2 atom stereocenters. The molecule has 0 aliphatic heterocycles. The lowest BCUT2D eigenvalue weighted by Gasteiger charge is -2.36. The smallest absolute Gasteiger partial charge is 0.107 e. The Morgan fingerprint density at radius 1 is 1.36 bits per heavy atom. The van der Waals surface area contributed by atoms with Crippen LogP contribution in [0, 0.1) is 23.2 Å². The van der Waals surface area contributed by atoms with Gasteiger partial charge in [-0.05, 0) is 50.5 Å². The minimum atomic E-state index is -0.180. The standard InChI is InChI=1S/C12H20N2/c1-2-14-12(9-13)7-3-4-11(8-12)10-5-6-10/h10-11,14H,2-8H2,1H3. The predicted molar refractivity (Wildman–Crippen MR) is 56.7 cm³/mol. The van der Waals surface area contributed by atoms with Crippen molar-refractivity contribution in [1.82, 2.24) is 5.32 Å². The molecule has 0 spiro atoms. The maximum absolute atomic E-state index is 9.28. The van der Waals surface area contributed by atoms with E-state index >= 15 is 0 Å². The third-order valence-electron chi connectivity index (χ3n) is 3.81. The summed E-state index contributed by atoms with van der Waals surface area (Å²) in [6, 6.07) is 2.52. The van der Waals surface area contributed by atoms with Crippen molar-refractivity contribution in [2.24, 2.45) is 11.8 Å². The van der Waals surface area contributed by atoms with Gasteiger partial charge in [0, 0.05) is 0 Å². The second-order valence-electron chi connectivity index (χ2n) is 4.92. The Hall–Kier alpha value is -0.550. The van der Waals surface area contributed by atoms with E-state index in [-0.39, 0.29) is 5.54 Å². The van der Waals surface area contributed by atoms with Gasteiger partial charge in [0.05, 0.1) is 6.07 Å². The van der Waals surface area contributed by atoms with Crippen LogP contribution in [0.15, 0.2) is 0 Å². The Morgan fingerprint density at radius 2 is 2.14 bits per heavy atom. The van der Waals surface area contributed by atoms with Gasteiger partial charge >= 0.3 is 0 Å². The molecule has 78 valence electrons. The summed E-state index contributed by atoms with van der Waals surface area (Å²) >= 11 is 0. The first-order chi connectivity index (χ1) is 6.79. The fourth-order valence-corrected chi connectivity index (χ4v) is 2.93. The second-order valence-corrected chi connectivity index (χ2v) is 4.92. The summed E-state index contributed by atoms with van der Waals surface area (Å²) in [6.45, 7) is 3.02. The molecule has 2 heteroatoms. The van der Waals surface area contributed by atoms with Crippen molar-refractivity contribution >= 4 is 0 Å². The summed E-state index contributed by atoms with van der Waals surface area (Å²) in [5, 5.41) is 12.7. The van der Waals surface area contributed by atoms with Crippen LogP contribution < -0.4 is 5.32 Å². The third-order valence-corrected chi connectivity index (χ3v) is 3.81. The minimum absolute atomic E-state index is 0.180. The van der Waals surface area contributed by atoms with E-state index in [4.69, 9.17) is 0 Å². The molecule has 14 heavy (non-hydrogen) atoms. The van der Waals surface area contributed by atoms with E-state index in [1.54, 1.807) is 0 Å². The van der Waals surface area contributed by atoms with Gasteiger partial charge in [-0.15, -0.1) is 0 Å². The molecule has 0 heterocycles. The first-order valence-electron chi connectivity index (χ1n) is 5.96. The molecule has 2 rings (SSSR count). The van der Waals surface area contributed by atoms with Gasteiger partial charge in [0.15, 0.2) is 0 Å². The van der Waals surface area contributed by atoms with Gasteiger partial charge < -0.3 is 0 Å². The molecule has 2 unspecified atom stereocenters. The maximum Gasteiger partial charge on any atom is 0.107 e. The molecule has 2 fully saturated rings. The van der Waals surface area contributed by atoms with Gasteiger partial charge in [-0.3, -0.25) is 5.32 Å². The molecule has 2 aliphatic rings. The molecule has 0 aromatic carbocycles. The molecule has 1 N–H and O–H groups in total. The van der Waals surface area contributed by atoms with Crippen LogP contribution in [-0.2, 0) is 0 Å². The zero-order valence-electron chi connectivity index (χ0n) is 9.05. The van der Waals surface area contributed by atoms with E-state index in [1.165, 1.54) is 25.7 Å². The third kappa shape index (κ3) is 1.93. The van der Waals surface area contributed by atoms with Crippen molar-refractivity contribution in [3.8, 4) is 6.07 Å². The van der Waals surface area contributed by atoms with Crippen LogP contribution >= 0.6 is 0 Å². The summed E-state index contributed by atoms with van der Waals surface area (Å²) in [6.07, 6.45) is 7.58. The van der Waals surface area contributed by atoms with E-state index in [1.807, 2.05) is 0 Å². The maximum atomic E-state index is 9.28. The average molecular weight is 192 g/mol. The molecule has 2 nitrogen and oxygen atoms in total. The quantitative estimate of drug-likeness (QED) is 0.745. The molecule has 0 radical (unpaired) electrons. The highest BCUT2D eigenvalue weighted by Crippen LogP contribution is 2.46. The van der Waals surface area contributed by atoms with Crippen LogP contribution in [0.2, 0.25) is 0 Å². The van der Waals surface area contributed by atoms with E-state index in [0.29, 0.717) is 0 Å². The lowest BCUT2D eigenvalue weighted by atomic mass is 9.74. The monoisotopic (exact) mass is 192 g/mol. The lowest BCUT2D eigenvalue weighted by Crippen LogP contribution is -2.47. The first-order valence-corrected chi connectivity index (χ1v) is 5.96. The Balaban J connectivity index is 1.99. The van der Waals surface area contributed by atoms with Gasteiger partial charge in [-0.2, -0.15) is 5.26 Å². The van der Waals surface area contributed by atoms with E-state index in [2.05, 4.69) is 18.3 Å². The largest absolute Gasteiger partial charge is 0.300 e. The van der Waals surface area contributed by atoms with Crippen molar-refractivity contribution in [2.45, 2.75) is 51.0 Å². The number of rotatable bonds is 3. The molecular weight excluding hydrogens is 172 g/mol. The highest BCUT2D eigenvalue weighted by atomic mass is 15.0. The van der Waals surface area contributed by atoms with Gasteiger partial charge in [0.2, 0.25) is 0 Å². The summed E-state index contributed by atoms with van der Waals surface area (Å²) in [4.78, 5) is 0. The molecular formula is C12H20N2. The van der Waals surface area contributed by atoms with Gasteiger partial charge in [0.25, 0.3) is 0 Å². The molecule has 0 aromatic heterocycles. The molecule has 2 saturated carbocycles. The summed E-state index contributed by atoms with van der Waals surface area (Å²) in [5.74, 6) is 1.80. The van der Waals surface area contributed by atoms with Crippen molar-refractivity contribution < 1.29 is 0 Å². The number of nitriles is 1. The summed E-state index contributed by atoms with van der Waals surface area (Å²) in [5.41, 5.74) is -0.180. The van der Waals surface area contributed by atoms with Gasteiger partial charge in [-0.25, -0.2) is 0 Å². The second kappa shape index (κ2) is 3.90. The number of nitrogens with zero attached hydrogens (tertiary/aromatic N) is 1. The molecule has 0 aromatic rings. The van der Waals surface area contributed by atoms with Crippen LogP contribution in [0.3, 0.4) is 0 Å². The fourth-order valence-electron chi connectivity index (χ4n) is 2.93. The lowest BCUT2D eigenvalue weighted by molar-refractivity contribution is 0.213. The zero-order chi connectivity index (χ0) is 10.0. The highest BCUT2D eigenvalue weighted by molar-refractivity contribution is 5.10. The van der Waals surface area contributed by atoms with Crippen LogP contribution in [-0.4, -0.2) is 12.1 Å². The van der Waals surface area contributed by atoms with E-state index < -0.39 is 0 Å². The number of hydrogen-bond acceptors (Lipinski definition) is 2. The van der Waals surface area contributed by atoms with Crippen LogP contribution in [0.1, 0.15) is 45.4 Å².